The molecule has 2 aliphatic rings. The number of halogens is 3. The van der Waals surface area contributed by atoms with E-state index in [1.54, 1.807) is 12.4 Å². The van der Waals surface area contributed by atoms with E-state index in [2.05, 4.69) is 31.1 Å². The summed E-state index contributed by atoms with van der Waals surface area (Å²) >= 11 is 3.37. The van der Waals surface area contributed by atoms with Gasteiger partial charge in [-0.05, 0) is 47.8 Å². The number of carbonyl (C=O) groups excluding carboxylic acids is 1. The maximum absolute atomic E-state index is 12.6. The molecule has 2 aliphatic heterocycles. The van der Waals surface area contributed by atoms with E-state index >= 15 is 0 Å². The van der Waals surface area contributed by atoms with Gasteiger partial charge >= 0.3 is 0 Å². The number of nitrogens with one attached hydrogen (secondary N) is 1. The van der Waals surface area contributed by atoms with Crippen LogP contribution in [0.15, 0.2) is 22.9 Å². The van der Waals surface area contributed by atoms with Crippen LogP contribution in [0.3, 0.4) is 0 Å². The first-order valence-electron chi connectivity index (χ1n) is 6.39. The van der Waals surface area contributed by atoms with E-state index in [0.717, 1.165) is 36.8 Å². The second-order valence-electron chi connectivity index (χ2n) is 4.98. The van der Waals surface area contributed by atoms with E-state index in [9.17, 15) is 4.79 Å². The van der Waals surface area contributed by atoms with Crippen LogP contribution in [0, 0.1) is 0 Å². The third kappa shape index (κ3) is 3.45. The number of nitrogens with zero attached hydrogens (tertiary/aromatic N) is 2. The summed E-state index contributed by atoms with van der Waals surface area (Å²) in [5, 5.41) is 3.41. The smallest absolute Gasteiger partial charge is 0.256 e. The average molecular weight is 383 g/mol. The molecule has 4 nitrogen and oxygen atoms in total. The van der Waals surface area contributed by atoms with Crippen LogP contribution in [-0.2, 0) is 0 Å². The van der Waals surface area contributed by atoms with Crippen molar-refractivity contribution in [3.63, 3.8) is 0 Å². The molecule has 112 valence electrons. The number of hydrogen-bond donors (Lipinski definition) is 1. The predicted molar refractivity (Wildman–Crippen MR) is 86.9 cm³/mol. The highest BCUT2D eigenvalue weighted by Gasteiger charge is 2.38. The maximum Gasteiger partial charge on any atom is 0.256 e. The van der Waals surface area contributed by atoms with Gasteiger partial charge in [-0.1, -0.05) is 0 Å². The lowest BCUT2D eigenvalue weighted by Crippen LogP contribution is -2.42. The van der Waals surface area contributed by atoms with Crippen molar-refractivity contribution in [3.05, 3.63) is 28.5 Å². The summed E-state index contributed by atoms with van der Waals surface area (Å²) in [6.07, 6.45) is 6.67. The minimum Gasteiger partial charge on any atom is -0.331 e. The Labute approximate surface area is 139 Å². The van der Waals surface area contributed by atoms with Crippen molar-refractivity contribution in [3.8, 4) is 0 Å². The number of rotatable bonds is 1. The van der Waals surface area contributed by atoms with Crippen molar-refractivity contribution in [2.75, 3.05) is 13.1 Å². The first-order chi connectivity index (χ1) is 8.75. The van der Waals surface area contributed by atoms with Gasteiger partial charge in [0.2, 0.25) is 0 Å². The van der Waals surface area contributed by atoms with Crippen molar-refractivity contribution in [1.29, 1.82) is 0 Å². The Morgan fingerprint density at radius 2 is 2.00 bits per heavy atom. The fourth-order valence-electron chi connectivity index (χ4n) is 2.99. The Morgan fingerprint density at radius 3 is 2.75 bits per heavy atom. The molecule has 2 atom stereocenters. The van der Waals surface area contributed by atoms with Crippen LogP contribution < -0.4 is 5.32 Å². The first kappa shape index (κ1) is 17.7. The Balaban J connectivity index is 0.000001000. The van der Waals surface area contributed by atoms with E-state index in [0.29, 0.717) is 17.6 Å². The van der Waals surface area contributed by atoms with Crippen molar-refractivity contribution in [2.24, 2.45) is 0 Å². The normalized spacial score (nSPS) is 24.4. The van der Waals surface area contributed by atoms with Gasteiger partial charge in [-0.3, -0.25) is 9.78 Å². The topological polar surface area (TPSA) is 45.2 Å². The van der Waals surface area contributed by atoms with Crippen LogP contribution in [0.4, 0.5) is 0 Å². The average Bonchev–Trinajstić information content (AvgIpc) is 2.62. The lowest BCUT2D eigenvalue weighted by molar-refractivity contribution is 0.0680. The summed E-state index contributed by atoms with van der Waals surface area (Å²) in [6, 6.07) is 2.60. The monoisotopic (exact) mass is 381 g/mol. The number of pyridine rings is 1. The van der Waals surface area contributed by atoms with Crippen LogP contribution in [-0.4, -0.2) is 41.0 Å². The highest BCUT2D eigenvalue weighted by atomic mass is 79.9. The SMILES string of the molecule is Cl.Cl.O=C(c1cncc(Br)c1)N1C2CCNCC1CC2. The zero-order valence-electron chi connectivity index (χ0n) is 10.9. The molecule has 7 heteroatoms. The van der Waals surface area contributed by atoms with Crippen molar-refractivity contribution in [1.82, 2.24) is 15.2 Å². The zero-order valence-corrected chi connectivity index (χ0v) is 14.1. The van der Waals surface area contributed by atoms with Gasteiger partial charge in [-0.15, -0.1) is 24.8 Å². The Hall–Kier alpha value is -0.360. The fraction of sp³-hybridized carbons (Fsp3) is 0.538. The quantitative estimate of drug-likeness (QED) is 0.811. The molecule has 3 rings (SSSR count). The summed E-state index contributed by atoms with van der Waals surface area (Å²) in [6.45, 7) is 1.94. The summed E-state index contributed by atoms with van der Waals surface area (Å²) in [5.41, 5.74) is 0.683. The van der Waals surface area contributed by atoms with Gasteiger partial charge in [0.25, 0.3) is 5.91 Å². The van der Waals surface area contributed by atoms with Gasteiger partial charge in [0.1, 0.15) is 0 Å². The number of aromatic nitrogens is 1. The molecule has 3 heterocycles. The summed E-state index contributed by atoms with van der Waals surface area (Å²) < 4.78 is 0.855. The van der Waals surface area contributed by atoms with Crippen molar-refractivity contribution in [2.45, 2.75) is 31.3 Å². The summed E-state index contributed by atoms with van der Waals surface area (Å²) in [5.74, 6) is 0.125. The third-order valence-corrected chi connectivity index (χ3v) is 4.27. The highest BCUT2D eigenvalue weighted by molar-refractivity contribution is 9.10. The molecule has 1 N–H and O–H groups in total. The molecule has 2 saturated heterocycles. The molecule has 0 aliphatic carbocycles. The van der Waals surface area contributed by atoms with E-state index in [-0.39, 0.29) is 30.7 Å². The maximum atomic E-state index is 12.6. The van der Waals surface area contributed by atoms with Gasteiger partial charge in [0, 0.05) is 35.5 Å². The van der Waals surface area contributed by atoms with Crippen molar-refractivity contribution >= 4 is 46.7 Å². The Kier molecular flexibility index (Phi) is 6.72. The first-order valence-corrected chi connectivity index (χ1v) is 7.19. The molecule has 1 amide bonds. The zero-order chi connectivity index (χ0) is 12.5. The molecule has 1 aromatic rings. The predicted octanol–water partition coefficient (Wildman–Crippen LogP) is 2.65. The molecule has 2 unspecified atom stereocenters. The van der Waals surface area contributed by atoms with Crippen LogP contribution in [0.25, 0.3) is 0 Å². The number of carbonyl (C=O) groups is 1. The van der Waals surface area contributed by atoms with Gasteiger partial charge in [-0.2, -0.15) is 0 Å². The second kappa shape index (κ2) is 7.59. The molecule has 20 heavy (non-hydrogen) atoms. The molecule has 0 radical (unpaired) electrons. The van der Waals surface area contributed by atoms with Crippen molar-refractivity contribution < 1.29 is 4.79 Å². The fourth-order valence-corrected chi connectivity index (χ4v) is 3.36. The van der Waals surface area contributed by atoms with Crippen LogP contribution >= 0.6 is 40.7 Å². The van der Waals surface area contributed by atoms with Crippen LogP contribution in [0.2, 0.25) is 0 Å². The van der Waals surface area contributed by atoms with Crippen LogP contribution in [0.5, 0.6) is 0 Å². The van der Waals surface area contributed by atoms with Gasteiger partial charge < -0.3 is 10.2 Å². The van der Waals surface area contributed by atoms with Crippen LogP contribution in [0.1, 0.15) is 29.6 Å². The van der Waals surface area contributed by atoms with Gasteiger partial charge in [0.15, 0.2) is 0 Å². The third-order valence-electron chi connectivity index (χ3n) is 3.84. The number of amides is 1. The molecule has 1 aromatic heterocycles. The molecular formula is C13H18BrCl2N3O. The minimum absolute atomic E-state index is 0. The molecule has 0 saturated carbocycles. The lowest BCUT2D eigenvalue weighted by Gasteiger charge is -2.27. The minimum atomic E-state index is 0. The van der Waals surface area contributed by atoms with E-state index in [1.165, 1.54) is 0 Å². The summed E-state index contributed by atoms with van der Waals surface area (Å²) in [7, 11) is 0. The van der Waals surface area contributed by atoms with Gasteiger partial charge in [-0.25, -0.2) is 0 Å². The van der Waals surface area contributed by atoms with E-state index < -0.39 is 0 Å². The standard InChI is InChI=1S/C13H16BrN3O.2ClH/c14-10-5-9(6-16-7-10)13(18)17-11-1-2-12(17)8-15-4-3-11;;/h5-7,11-12,15H,1-4,8H2;2*1H. The van der Waals surface area contributed by atoms with Gasteiger partial charge in [0.05, 0.1) is 5.56 Å². The summed E-state index contributed by atoms with van der Waals surface area (Å²) in [4.78, 5) is 18.8. The molecule has 2 fully saturated rings. The molecule has 0 aromatic carbocycles. The highest BCUT2D eigenvalue weighted by Crippen LogP contribution is 2.29. The van der Waals surface area contributed by atoms with E-state index in [4.69, 9.17) is 0 Å². The Bertz CT molecular complexity index is 461. The molecule has 2 bridgehead atoms. The number of fused-ring (bicyclic) bond motifs is 2. The Morgan fingerprint density at radius 1 is 1.25 bits per heavy atom. The second-order valence-corrected chi connectivity index (χ2v) is 5.90. The number of hydrogen-bond acceptors (Lipinski definition) is 3. The lowest BCUT2D eigenvalue weighted by atomic mass is 10.1. The molecule has 0 spiro atoms. The molecular weight excluding hydrogens is 365 g/mol. The largest absolute Gasteiger partial charge is 0.331 e. The van der Waals surface area contributed by atoms with E-state index in [1.807, 2.05) is 6.07 Å².